The molecule has 0 radical (unpaired) electrons. The molecule has 0 bridgehead atoms. The molecule has 2 fully saturated rings. The Morgan fingerprint density at radius 2 is 1.64 bits per heavy atom. The van der Waals surface area contributed by atoms with Crippen molar-refractivity contribution in [3.8, 4) is 28.3 Å². The Bertz CT molecular complexity index is 2320. The molecule has 1 aliphatic heterocycles. The van der Waals surface area contributed by atoms with Gasteiger partial charge in [0.05, 0.1) is 40.0 Å². The summed E-state index contributed by atoms with van der Waals surface area (Å²) in [7, 11) is 4.22. The number of aromatic nitrogens is 4. The number of anilines is 2. The van der Waals surface area contributed by atoms with E-state index in [1.807, 2.05) is 18.2 Å². The molecule has 1 saturated heterocycles. The average molecular weight is 724 g/mol. The molecule has 2 N–H and O–H groups in total. The number of carbonyl (C=O) groups is 1. The lowest BCUT2D eigenvalue weighted by Crippen LogP contribution is -2.37. The van der Waals surface area contributed by atoms with E-state index in [-0.39, 0.29) is 45.2 Å². The molecule has 5 aromatic rings. The third-order valence-corrected chi connectivity index (χ3v) is 10.4. The number of alkyl halides is 2. The molecule has 50 heavy (non-hydrogen) atoms. The first-order valence-corrected chi connectivity index (χ1v) is 16.4. The number of carboxylic acid groups (broad SMARTS) is 1. The second-order valence-corrected chi connectivity index (χ2v) is 13.3. The second-order valence-electron chi connectivity index (χ2n) is 12.5. The molecule has 258 valence electrons. The topological polar surface area (TPSA) is 132 Å². The van der Waals surface area contributed by atoms with Crippen LogP contribution in [0.15, 0.2) is 64.2 Å². The van der Waals surface area contributed by atoms with Gasteiger partial charge in [0, 0.05) is 56.0 Å². The summed E-state index contributed by atoms with van der Waals surface area (Å²) in [6, 6.07) is 15.2. The predicted octanol–water partition coefficient (Wildman–Crippen LogP) is 6.12. The number of aryl methyl sites for hydroxylation is 1. The molecule has 0 amide bonds. The second kappa shape index (κ2) is 12.8. The van der Waals surface area contributed by atoms with Crippen LogP contribution in [0, 0.1) is 17.8 Å². The van der Waals surface area contributed by atoms with Gasteiger partial charge in [0.1, 0.15) is 16.9 Å². The number of benzene rings is 2. The van der Waals surface area contributed by atoms with E-state index in [1.54, 1.807) is 30.3 Å². The van der Waals surface area contributed by atoms with Gasteiger partial charge in [-0.25, -0.2) is 23.5 Å². The van der Waals surface area contributed by atoms with Crippen LogP contribution in [0.1, 0.15) is 17.7 Å². The number of rotatable bonds is 9. The van der Waals surface area contributed by atoms with E-state index in [2.05, 4.69) is 15.2 Å². The molecular formula is C35H30Cl2F2N6O5. The molecule has 3 aromatic heterocycles. The number of nitrogens with zero attached hydrogens (tertiary/aromatic N) is 5. The molecule has 7 rings (SSSR count). The normalized spacial score (nSPS) is 18.4. The zero-order chi connectivity index (χ0) is 35.6. The van der Waals surface area contributed by atoms with Crippen LogP contribution >= 0.6 is 23.2 Å². The molecule has 2 unspecified atom stereocenters. The van der Waals surface area contributed by atoms with Crippen LogP contribution < -0.4 is 21.3 Å². The van der Waals surface area contributed by atoms with Crippen LogP contribution in [0.25, 0.3) is 33.3 Å². The third kappa shape index (κ3) is 5.68. The Morgan fingerprint density at radius 1 is 0.980 bits per heavy atom. The number of fused-ring (bicyclic) bond motifs is 2. The van der Waals surface area contributed by atoms with Crippen molar-refractivity contribution in [3.63, 3.8) is 0 Å². The van der Waals surface area contributed by atoms with Crippen molar-refractivity contribution in [2.24, 2.45) is 31.8 Å². The average Bonchev–Trinajstić information content (AvgIpc) is 3.62. The smallest absolute Gasteiger partial charge is 0.330 e. The van der Waals surface area contributed by atoms with E-state index in [9.17, 15) is 28.3 Å². The van der Waals surface area contributed by atoms with Crippen molar-refractivity contribution in [1.82, 2.24) is 24.0 Å². The maximum Gasteiger partial charge on any atom is 0.330 e. The highest BCUT2D eigenvalue weighted by molar-refractivity contribution is 6.39. The number of piperidine rings is 1. The lowest BCUT2D eigenvalue weighted by atomic mass is 10.00. The van der Waals surface area contributed by atoms with E-state index in [1.165, 1.54) is 21.2 Å². The predicted molar refractivity (Wildman–Crippen MR) is 186 cm³/mol. The Labute approximate surface area is 293 Å². The number of hydrogen-bond acceptors (Lipinski definition) is 8. The van der Waals surface area contributed by atoms with Crippen LogP contribution in [-0.4, -0.2) is 55.3 Å². The van der Waals surface area contributed by atoms with Gasteiger partial charge in [-0.1, -0.05) is 59.6 Å². The Hall–Kier alpha value is -4.85. The largest absolute Gasteiger partial charge is 0.481 e. The number of carboxylic acids is 1. The van der Waals surface area contributed by atoms with Crippen LogP contribution in [0.5, 0.6) is 5.88 Å². The van der Waals surface area contributed by atoms with Gasteiger partial charge < -0.3 is 15.2 Å². The minimum atomic E-state index is -2.97. The number of nitrogens with one attached hydrogen (secondary N) is 1. The first-order chi connectivity index (χ1) is 23.9. The van der Waals surface area contributed by atoms with E-state index in [4.69, 9.17) is 32.9 Å². The highest BCUT2D eigenvalue weighted by Crippen LogP contribution is 2.52. The van der Waals surface area contributed by atoms with Gasteiger partial charge in [-0.3, -0.25) is 23.6 Å². The van der Waals surface area contributed by atoms with E-state index in [0.717, 1.165) is 33.9 Å². The summed E-state index contributed by atoms with van der Waals surface area (Å²) in [4.78, 5) is 48.1. The van der Waals surface area contributed by atoms with Gasteiger partial charge in [-0.15, -0.1) is 0 Å². The Morgan fingerprint density at radius 3 is 2.30 bits per heavy atom. The van der Waals surface area contributed by atoms with Crippen molar-refractivity contribution in [2.45, 2.75) is 13.0 Å². The third-order valence-electron chi connectivity index (χ3n) is 9.59. The van der Waals surface area contributed by atoms with E-state index < -0.39 is 29.3 Å². The van der Waals surface area contributed by atoms with E-state index in [0.29, 0.717) is 39.8 Å². The molecule has 15 heteroatoms. The summed E-state index contributed by atoms with van der Waals surface area (Å²) in [5, 5.41) is 12.8. The fourth-order valence-electron chi connectivity index (χ4n) is 6.98. The summed E-state index contributed by atoms with van der Waals surface area (Å²) < 4.78 is 35.4. The summed E-state index contributed by atoms with van der Waals surface area (Å²) in [6.45, 7) is 2.01. The summed E-state index contributed by atoms with van der Waals surface area (Å²) in [5.41, 5.74) is 1.35. The SMILES string of the molecule is COc1nc(-c2cccc(-c3cccc(Nc4nc(C(F)F)cc5c4c(=O)n(C)c(=O)n5C)c3Cl)c2Cl)ccc1CN1CC2C(C1)C2C(=O)O. The number of ether oxygens (including phenoxy) is 1. The molecule has 1 saturated carbocycles. The fourth-order valence-corrected chi connectivity index (χ4v) is 7.58. The number of likely N-dealkylation sites (tertiary alicyclic amines) is 1. The zero-order valence-corrected chi connectivity index (χ0v) is 28.5. The number of halogens is 4. The van der Waals surface area contributed by atoms with Gasteiger partial charge >= 0.3 is 11.7 Å². The molecule has 11 nitrogen and oxygen atoms in total. The molecule has 0 spiro atoms. The van der Waals surface area contributed by atoms with E-state index >= 15 is 0 Å². The summed E-state index contributed by atoms with van der Waals surface area (Å²) >= 11 is 13.9. The Kier molecular flexibility index (Phi) is 8.61. The first-order valence-electron chi connectivity index (χ1n) is 15.6. The lowest BCUT2D eigenvalue weighted by molar-refractivity contribution is -0.139. The van der Waals surface area contributed by atoms with Crippen LogP contribution in [0.2, 0.25) is 10.0 Å². The van der Waals surface area contributed by atoms with Gasteiger partial charge in [0.2, 0.25) is 5.88 Å². The quantitative estimate of drug-likeness (QED) is 0.185. The Balaban J connectivity index is 1.21. The van der Waals surface area contributed by atoms with Crippen LogP contribution in [0.3, 0.4) is 0 Å². The summed E-state index contributed by atoms with van der Waals surface area (Å²) in [5.74, 6) is -0.345. The standard InChI is InChI=1S/C35H30Cl2F2N6O5/c1-43-25-12-24(30(38)39)41-31(27(25)33(46)44(2)35(43)49)40-23-9-5-7-18(29(23)37)17-6-4-8-19(28(17)36)22-11-10-16(32(42-22)50-3)13-45-14-20-21(15-45)26(20)34(47)48/h4-12,20-21,26,30H,13-15H2,1-3H3,(H,40,41)(H,47,48). The first kappa shape index (κ1) is 33.6. The number of methoxy groups -OCH3 is 1. The number of hydrogen-bond donors (Lipinski definition) is 2. The summed E-state index contributed by atoms with van der Waals surface area (Å²) in [6.07, 6.45) is -2.97. The monoisotopic (exact) mass is 722 g/mol. The number of pyridine rings is 2. The molecule has 1 aliphatic carbocycles. The van der Waals surface area contributed by atoms with Crippen LogP contribution in [0.4, 0.5) is 20.3 Å². The van der Waals surface area contributed by atoms with Crippen molar-refractivity contribution in [3.05, 3.63) is 96.7 Å². The van der Waals surface area contributed by atoms with Gasteiger partial charge in [0.15, 0.2) is 0 Å². The highest BCUT2D eigenvalue weighted by atomic mass is 35.5. The van der Waals surface area contributed by atoms with Gasteiger partial charge in [0.25, 0.3) is 12.0 Å². The van der Waals surface area contributed by atoms with Gasteiger partial charge in [-0.2, -0.15) is 0 Å². The highest BCUT2D eigenvalue weighted by Gasteiger charge is 2.59. The van der Waals surface area contributed by atoms with Crippen LogP contribution in [-0.2, 0) is 25.4 Å². The van der Waals surface area contributed by atoms with Crippen molar-refractivity contribution >= 4 is 51.6 Å². The molecular weight excluding hydrogens is 693 g/mol. The molecule has 2 aromatic carbocycles. The number of aliphatic carboxylic acids is 1. The molecule has 2 aliphatic rings. The zero-order valence-electron chi connectivity index (χ0n) is 27.0. The minimum Gasteiger partial charge on any atom is -0.481 e. The maximum atomic E-state index is 13.9. The molecule has 4 heterocycles. The fraction of sp³-hybridized carbons (Fsp3) is 0.286. The van der Waals surface area contributed by atoms with Crippen molar-refractivity contribution in [1.29, 1.82) is 0 Å². The van der Waals surface area contributed by atoms with Crippen molar-refractivity contribution in [2.75, 3.05) is 25.5 Å². The minimum absolute atomic E-state index is 0.00765. The van der Waals surface area contributed by atoms with Crippen molar-refractivity contribution < 1.29 is 23.4 Å². The maximum absolute atomic E-state index is 13.9. The van der Waals surface area contributed by atoms with Gasteiger partial charge in [-0.05, 0) is 30.0 Å². The molecule has 2 atom stereocenters. The lowest BCUT2D eigenvalue weighted by Gasteiger charge is -2.20.